The average molecular weight is 200 g/mol. The Morgan fingerprint density at radius 2 is 1.93 bits per heavy atom. The van der Waals surface area contributed by atoms with Gasteiger partial charge in [-0.3, -0.25) is 0 Å². The second-order valence-electron chi connectivity index (χ2n) is 3.97. The number of nitrogens with zero attached hydrogens (tertiary/aromatic N) is 2. The van der Waals surface area contributed by atoms with Gasteiger partial charge in [-0.15, -0.1) is 0 Å². The molecule has 2 heterocycles. The molecule has 0 saturated heterocycles. The number of hydrogen-bond donors (Lipinski definition) is 0. The molecule has 0 aliphatic rings. The Hall–Kier alpha value is -1.82. The quantitative estimate of drug-likeness (QED) is 0.640. The minimum atomic E-state index is 0.749. The average Bonchev–Trinajstić information content (AvgIpc) is 2.39. The molecular weight excluding hydrogens is 186 g/mol. The normalized spacial score (nSPS) is 10.6. The van der Waals surface area contributed by atoms with Gasteiger partial charge in [0.1, 0.15) is 28.7 Å². The molecule has 0 saturated carbocycles. The lowest BCUT2D eigenvalue weighted by Crippen LogP contribution is -2.14. The van der Waals surface area contributed by atoms with Gasteiger partial charge >= 0.3 is 5.65 Å². The van der Waals surface area contributed by atoms with Gasteiger partial charge < -0.3 is 0 Å². The van der Waals surface area contributed by atoms with Crippen molar-refractivity contribution in [3.05, 3.63) is 34.3 Å². The summed E-state index contributed by atoms with van der Waals surface area (Å²) in [4.78, 5) is 3.25. The first kappa shape index (κ1) is 9.72. The molecule has 2 rings (SSSR count). The fourth-order valence-electron chi connectivity index (χ4n) is 2.10. The lowest BCUT2D eigenvalue weighted by molar-refractivity contribution is -0.360. The molecular formula is C12H14N3+. The molecule has 0 radical (unpaired) electrons. The summed E-state index contributed by atoms with van der Waals surface area (Å²) in [7, 11) is 0. The smallest absolute Gasteiger partial charge is 0.243 e. The van der Waals surface area contributed by atoms with Crippen molar-refractivity contribution in [2.45, 2.75) is 27.7 Å². The van der Waals surface area contributed by atoms with E-state index >= 15 is 0 Å². The highest BCUT2D eigenvalue weighted by atomic mass is 15.0. The molecule has 0 aliphatic carbocycles. The van der Waals surface area contributed by atoms with Crippen LogP contribution in [0.1, 0.15) is 28.2 Å². The van der Waals surface area contributed by atoms with Crippen molar-refractivity contribution >= 4 is 5.65 Å². The first-order chi connectivity index (χ1) is 7.06. The summed E-state index contributed by atoms with van der Waals surface area (Å²) in [5.41, 5.74) is 6.08. The predicted molar refractivity (Wildman–Crippen MR) is 57.6 cm³/mol. The Kier molecular flexibility index (Phi) is 2.01. The van der Waals surface area contributed by atoms with E-state index in [-0.39, 0.29) is 0 Å². The van der Waals surface area contributed by atoms with Gasteiger partial charge in [-0.05, 0) is 27.7 Å². The van der Waals surface area contributed by atoms with E-state index in [0.29, 0.717) is 0 Å². The van der Waals surface area contributed by atoms with Crippen LogP contribution < -0.4 is 4.98 Å². The first-order valence-corrected chi connectivity index (χ1v) is 4.97. The molecule has 3 heteroatoms. The van der Waals surface area contributed by atoms with Gasteiger partial charge in [0.25, 0.3) is 0 Å². The number of nitriles is 1. The van der Waals surface area contributed by atoms with Crippen molar-refractivity contribution < 1.29 is 4.98 Å². The van der Waals surface area contributed by atoms with Gasteiger partial charge in [0.2, 0.25) is 0 Å². The minimum absolute atomic E-state index is 0.749. The molecule has 0 bridgehead atoms. The van der Waals surface area contributed by atoms with Crippen LogP contribution in [-0.4, -0.2) is 4.40 Å². The number of aromatic amines is 1. The Balaban J connectivity index is 3.05. The van der Waals surface area contributed by atoms with Crippen molar-refractivity contribution in [2.24, 2.45) is 0 Å². The second-order valence-corrected chi connectivity index (χ2v) is 3.97. The molecule has 0 spiro atoms. The second kappa shape index (κ2) is 3.09. The van der Waals surface area contributed by atoms with Crippen LogP contribution in [0.15, 0.2) is 6.07 Å². The van der Waals surface area contributed by atoms with Crippen LogP contribution in [0, 0.1) is 39.0 Å². The van der Waals surface area contributed by atoms with E-state index in [1.807, 2.05) is 20.8 Å². The van der Waals surface area contributed by atoms with Crippen LogP contribution in [-0.2, 0) is 0 Å². The third-order valence-electron chi connectivity index (χ3n) is 2.92. The Morgan fingerprint density at radius 1 is 1.27 bits per heavy atom. The lowest BCUT2D eigenvalue weighted by atomic mass is 10.2. The molecule has 0 aromatic carbocycles. The van der Waals surface area contributed by atoms with E-state index < -0.39 is 0 Å². The largest absolute Gasteiger partial charge is 0.302 e. The van der Waals surface area contributed by atoms with E-state index in [1.165, 1.54) is 0 Å². The van der Waals surface area contributed by atoms with Crippen LogP contribution in [0.3, 0.4) is 0 Å². The third-order valence-corrected chi connectivity index (χ3v) is 2.92. The van der Waals surface area contributed by atoms with Crippen molar-refractivity contribution in [2.75, 3.05) is 0 Å². The maximum Gasteiger partial charge on any atom is 0.302 e. The van der Waals surface area contributed by atoms with Crippen molar-refractivity contribution in [1.29, 1.82) is 5.26 Å². The monoisotopic (exact) mass is 200 g/mol. The van der Waals surface area contributed by atoms with Gasteiger partial charge in [0.05, 0.1) is 0 Å². The molecule has 15 heavy (non-hydrogen) atoms. The van der Waals surface area contributed by atoms with Gasteiger partial charge in [-0.1, -0.05) is 0 Å². The highest BCUT2D eigenvalue weighted by Crippen LogP contribution is 2.20. The van der Waals surface area contributed by atoms with E-state index in [2.05, 4.69) is 28.4 Å². The van der Waals surface area contributed by atoms with E-state index in [0.717, 1.165) is 33.9 Å². The van der Waals surface area contributed by atoms with E-state index in [1.54, 1.807) is 0 Å². The van der Waals surface area contributed by atoms with Crippen LogP contribution >= 0.6 is 0 Å². The molecule has 76 valence electrons. The molecule has 0 unspecified atom stereocenters. The summed E-state index contributed by atoms with van der Waals surface area (Å²) in [6.07, 6.45) is 0. The van der Waals surface area contributed by atoms with Crippen LogP contribution in [0.4, 0.5) is 0 Å². The van der Waals surface area contributed by atoms with E-state index in [9.17, 15) is 0 Å². The lowest BCUT2D eigenvalue weighted by Gasteiger charge is -1.96. The standard InChI is InChI=1S/C12H13N3/c1-7-5-8(2)15-10(4)9(3)11(6-13)12(15)14-7/h5H,1-4H3/p+1. The number of H-pyrrole nitrogens is 1. The minimum Gasteiger partial charge on any atom is -0.243 e. The zero-order valence-corrected chi connectivity index (χ0v) is 9.47. The highest BCUT2D eigenvalue weighted by molar-refractivity contribution is 5.60. The maximum atomic E-state index is 9.13. The summed E-state index contributed by atoms with van der Waals surface area (Å²) in [6.45, 7) is 8.09. The van der Waals surface area contributed by atoms with E-state index in [4.69, 9.17) is 5.26 Å². The number of nitrogens with one attached hydrogen (secondary N) is 1. The Bertz CT molecular complexity index is 585. The summed E-state index contributed by atoms with van der Waals surface area (Å²) in [6, 6.07) is 4.35. The van der Waals surface area contributed by atoms with Gasteiger partial charge in [0.15, 0.2) is 0 Å². The van der Waals surface area contributed by atoms with Crippen LogP contribution in [0.2, 0.25) is 0 Å². The SMILES string of the molecule is Cc1cc(C)n2c(C)c(C)c(C#N)c2[nH+]1. The number of hydrogen-bond acceptors (Lipinski definition) is 1. The molecule has 0 atom stereocenters. The molecule has 1 N–H and O–H groups in total. The zero-order valence-electron chi connectivity index (χ0n) is 9.47. The molecule has 3 nitrogen and oxygen atoms in total. The zero-order chi connectivity index (χ0) is 11.2. The summed E-state index contributed by atoms with van der Waals surface area (Å²) in [5, 5.41) is 9.13. The Morgan fingerprint density at radius 3 is 2.53 bits per heavy atom. The summed E-state index contributed by atoms with van der Waals surface area (Å²) < 4.78 is 2.10. The van der Waals surface area contributed by atoms with Crippen molar-refractivity contribution in [3.63, 3.8) is 0 Å². The highest BCUT2D eigenvalue weighted by Gasteiger charge is 2.21. The van der Waals surface area contributed by atoms with Gasteiger partial charge in [0, 0.05) is 11.6 Å². The summed E-state index contributed by atoms with van der Waals surface area (Å²) in [5.74, 6) is 0. The molecule has 0 amide bonds. The van der Waals surface area contributed by atoms with Crippen LogP contribution in [0.5, 0.6) is 0 Å². The van der Waals surface area contributed by atoms with Gasteiger partial charge in [-0.2, -0.15) is 9.66 Å². The number of aryl methyl sites for hydroxylation is 3. The predicted octanol–water partition coefficient (Wildman–Crippen LogP) is 1.86. The fourth-order valence-corrected chi connectivity index (χ4v) is 2.10. The summed E-state index contributed by atoms with van der Waals surface area (Å²) >= 11 is 0. The molecule has 0 fully saturated rings. The van der Waals surface area contributed by atoms with Gasteiger partial charge in [-0.25, -0.2) is 4.98 Å². The number of aromatic nitrogens is 2. The topological polar surface area (TPSA) is 42.3 Å². The van der Waals surface area contributed by atoms with Crippen LogP contribution in [0.25, 0.3) is 5.65 Å². The molecule has 2 aromatic rings. The first-order valence-electron chi connectivity index (χ1n) is 4.97. The molecule has 2 aromatic heterocycles. The van der Waals surface area contributed by atoms with Crippen molar-refractivity contribution in [1.82, 2.24) is 4.40 Å². The molecule has 0 aliphatic heterocycles. The maximum absolute atomic E-state index is 9.13. The fraction of sp³-hybridized carbons (Fsp3) is 0.333. The number of rotatable bonds is 0. The number of fused-ring (bicyclic) bond motifs is 1. The van der Waals surface area contributed by atoms with Crippen molar-refractivity contribution in [3.8, 4) is 6.07 Å². The third kappa shape index (κ3) is 1.22. The Labute approximate surface area is 89.0 Å².